The number of alkyl halides is 3. The lowest BCUT2D eigenvalue weighted by molar-refractivity contribution is -0.137. The Morgan fingerprint density at radius 3 is 2.38 bits per heavy atom. The molecule has 212 valence electrons. The standard InChI is InChI=1S/C28H33F4N3O4/c1-16(2)38-21-9-10-22(29)24(13-21)34-12-11-25(17(3)15-34)39-20-7-5-19(6-8-20)35-23(14-26(36)37)18(4)27(33-35)28(30,31)32/h5-10,13,16-18,23,25H,11-12,14-15H2,1-4H3,(H,36,37). The Balaban J connectivity index is 1.43. The molecule has 2 aliphatic heterocycles. The van der Waals surface area contributed by atoms with Crippen LogP contribution in [0.4, 0.5) is 28.9 Å². The highest BCUT2D eigenvalue weighted by molar-refractivity contribution is 5.95. The SMILES string of the molecule is CC(C)Oc1ccc(F)c(N2CCC(Oc3ccc(N4N=C(C(F)(F)F)C(C)C4CC(=O)O)cc3)C(C)C2)c1. The number of hydrogen-bond donors (Lipinski definition) is 1. The van der Waals surface area contributed by atoms with Gasteiger partial charge in [0.05, 0.1) is 29.9 Å². The zero-order chi connectivity index (χ0) is 28.5. The Hall–Kier alpha value is -3.50. The van der Waals surface area contributed by atoms with Crippen LogP contribution >= 0.6 is 0 Å². The first kappa shape index (κ1) is 28.5. The molecule has 4 rings (SSSR count). The molecule has 0 aliphatic carbocycles. The van der Waals surface area contributed by atoms with Crippen molar-refractivity contribution in [1.29, 1.82) is 0 Å². The predicted molar refractivity (Wildman–Crippen MR) is 140 cm³/mol. The van der Waals surface area contributed by atoms with Gasteiger partial charge in [0, 0.05) is 37.4 Å². The highest BCUT2D eigenvalue weighted by atomic mass is 19.4. The lowest BCUT2D eigenvalue weighted by Gasteiger charge is -2.38. The van der Waals surface area contributed by atoms with Gasteiger partial charge >= 0.3 is 12.1 Å². The lowest BCUT2D eigenvalue weighted by atomic mass is 9.94. The van der Waals surface area contributed by atoms with E-state index in [9.17, 15) is 27.5 Å². The number of halogens is 4. The van der Waals surface area contributed by atoms with Crippen LogP contribution in [0.5, 0.6) is 11.5 Å². The molecule has 0 saturated carbocycles. The molecule has 0 spiro atoms. The number of hydrazone groups is 1. The Bertz CT molecular complexity index is 1200. The second kappa shape index (κ2) is 11.3. The maximum atomic E-state index is 14.6. The quantitative estimate of drug-likeness (QED) is 0.398. The number of carbonyl (C=O) groups is 1. The fourth-order valence-electron chi connectivity index (χ4n) is 5.13. The van der Waals surface area contributed by atoms with Crippen LogP contribution in [0.25, 0.3) is 0 Å². The minimum Gasteiger partial charge on any atom is -0.491 e. The zero-order valence-corrected chi connectivity index (χ0v) is 22.3. The third-order valence-electron chi connectivity index (χ3n) is 7.06. The van der Waals surface area contributed by atoms with Crippen molar-refractivity contribution in [2.45, 2.75) is 65.0 Å². The van der Waals surface area contributed by atoms with E-state index in [0.717, 1.165) is 5.01 Å². The molecule has 7 nitrogen and oxygen atoms in total. The Morgan fingerprint density at radius 2 is 1.79 bits per heavy atom. The van der Waals surface area contributed by atoms with Gasteiger partial charge in [-0.05, 0) is 50.2 Å². The van der Waals surface area contributed by atoms with Gasteiger partial charge in [0.15, 0.2) is 0 Å². The first-order valence-corrected chi connectivity index (χ1v) is 13.0. The molecule has 2 heterocycles. The molecule has 0 amide bonds. The van der Waals surface area contributed by atoms with Gasteiger partial charge < -0.3 is 19.5 Å². The Kier molecular flexibility index (Phi) is 8.27. The van der Waals surface area contributed by atoms with E-state index in [1.165, 1.54) is 13.0 Å². The van der Waals surface area contributed by atoms with Crippen LogP contribution in [-0.2, 0) is 4.79 Å². The third-order valence-corrected chi connectivity index (χ3v) is 7.06. The second-order valence-corrected chi connectivity index (χ2v) is 10.4. The molecular formula is C28H33F4N3O4. The van der Waals surface area contributed by atoms with Gasteiger partial charge in [-0.15, -0.1) is 0 Å². The highest BCUT2D eigenvalue weighted by Crippen LogP contribution is 2.37. The van der Waals surface area contributed by atoms with E-state index in [1.807, 2.05) is 25.7 Å². The van der Waals surface area contributed by atoms with Crippen LogP contribution in [0.2, 0.25) is 0 Å². The molecule has 2 aliphatic rings. The number of carboxylic acids is 1. The van der Waals surface area contributed by atoms with Crippen molar-refractivity contribution in [3.63, 3.8) is 0 Å². The molecule has 39 heavy (non-hydrogen) atoms. The Morgan fingerprint density at radius 1 is 1.13 bits per heavy atom. The average molecular weight is 552 g/mol. The number of hydrogen-bond acceptors (Lipinski definition) is 6. The fourth-order valence-corrected chi connectivity index (χ4v) is 5.13. The van der Waals surface area contributed by atoms with Crippen LogP contribution in [0.15, 0.2) is 47.6 Å². The van der Waals surface area contributed by atoms with Crippen LogP contribution in [-0.4, -0.2) is 54.3 Å². The van der Waals surface area contributed by atoms with E-state index in [4.69, 9.17) is 9.47 Å². The van der Waals surface area contributed by atoms with Gasteiger partial charge in [0.2, 0.25) is 0 Å². The maximum Gasteiger partial charge on any atom is 0.431 e. The van der Waals surface area contributed by atoms with Gasteiger partial charge in [0.1, 0.15) is 29.1 Å². The molecule has 1 saturated heterocycles. The summed E-state index contributed by atoms with van der Waals surface area (Å²) in [5, 5.41) is 14.1. The first-order valence-electron chi connectivity index (χ1n) is 13.0. The van der Waals surface area contributed by atoms with Crippen molar-refractivity contribution in [1.82, 2.24) is 0 Å². The van der Waals surface area contributed by atoms with E-state index in [-0.39, 0.29) is 23.9 Å². The Labute approximate surface area is 225 Å². The summed E-state index contributed by atoms with van der Waals surface area (Å²) in [5.74, 6) is -1.41. The molecule has 2 aromatic rings. The topological polar surface area (TPSA) is 74.6 Å². The number of nitrogens with zero attached hydrogens (tertiary/aromatic N) is 3. The van der Waals surface area contributed by atoms with Gasteiger partial charge in [-0.1, -0.05) is 13.8 Å². The van der Waals surface area contributed by atoms with Crippen molar-refractivity contribution < 1.29 is 36.9 Å². The number of anilines is 2. The molecule has 0 aromatic heterocycles. The maximum absolute atomic E-state index is 14.6. The van der Waals surface area contributed by atoms with Crippen molar-refractivity contribution in [3.8, 4) is 11.5 Å². The number of rotatable bonds is 8. The van der Waals surface area contributed by atoms with Crippen molar-refractivity contribution in [2.24, 2.45) is 16.9 Å². The highest BCUT2D eigenvalue weighted by Gasteiger charge is 2.48. The van der Waals surface area contributed by atoms with E-state index < -0.39 is 36.2 Å². The number of benzene rings is 2. The molecule has 4 atom stereocenters. The van der Waals surface area contributed by atoms with E-state index in [0.29, 0.717) is 42.4 Å². The van der Waals surface area contributed by atoms with Crippen molar-refractivity contribution in [3.05, 3.63) is 48.3 Å². The summed E-state index contributed by atoms with van der Waals surface area (Å²) >= 11 is 0. The van der Waals surface area contributed by atoms with E-state index in [2.05, 4.69) is 5.10 Å². The van der Waals surface area contributed by atoms with Gasteiger partial charge in [-0.2, -0.15) is 18.3 Å². The summed E-state index contributed by atoms with van der Waals surface area (Å²) in [7, 11) is 0. The minimum absolute atomic E-state index is 0.0248. The third kappa shape index (κ3) is 6.57. The van der Waals surface area contributed by atoms with Gasteiger partial charge in [0.25, 0.3) is 0 Å². The summed E-state index contributed by atoms with van der Waals surface area (Å²) in [5.41, 5.74) is -0.161. The van der Waals surface area contributed by atoms with Crippen LogP contribution in [0.1, 0.15) is 40.5 Å². The summed E-state index contributed by atoms with van der Waals surface area (Å²) < 4.78 is 66.8. The normalized spacial score (nSPS) is 23.7. The number of carboxylic acid groups (broad SMARTS) is 1. The lowest BCUT2D eigenvalue weighted by Crippen LogP contribution is -2.44. The summed E-state index contributed by atoms with van der Waals surface area (Å²) in [6, 6.07) is 10.2. The number of aliphatic carboxylic acids is 1. The van der Waals surface area contributed by atoms with Crippen molar-refractivity contribution in [2.75, 3.05) is 23.0 Å². The monoisotopic (exact) mass is 551 g/mol. The number of ether oxygens (including phenoxy) is 2. The molecule has 11 heteroatoms. The smallest absolute Gasteiger partial charge is 0.431 e. The number of piperidine rings is 1. The molecule has 2 aromatic carbocycles. The van der Waals surface area contributed by atoms with E-state index >= 15 is 0 Å². The summed E-state index contributed by atoms with van der Waals surface area (Å²) in [6.45, 7) is 8.33. The minimum atomic E-state index is -4.65. The second-order valence-electron chi connectivity index (χ2n) is 10.4. The predicted octanol–water partition coefficient (Wildman–Crippen LogP) is 6.12. The first-order chi connectivity index (χ1) is 18.3. The molecule has 0 radical (unpaired) electrons. The molecule has 0 bridgehead atoms. The average Bonchev–Trinajstić information content (AvgIpc) is 3.17. The summed E-state index contributed by atoms with van der Waals surface area (Å²) in [4.78, 5) is 13.3. The zero-order valence-electron chi connectivity index (χ0n) is 22.3. The molecule has 1 N–H and O–H groups in total. The van der Waals surface area contributed by atoms with Crippen LogP contribution < -0.4 is 19.4 Å². The fraction of sp³-hybridized carbons (Fsp3) is 0.500. The van der Waals surface area contributed by atoms with E-state index in [1.54, 1.807) is 36.4 Å². The molecule has 4 unspecified atom stereocenters. The largest absolute Gasteiger partial charge is 0.491 e. The van der Waals surface area contributed by atoms with Crippen LogP contribution in [0.3, 0.4) is 0 Å². The van der Waals surface area contributed by atoms with Crippen LogP contribution in [0, 0.1) is 17.7 Å². The summed E-state index contributed by atoms with van der Waals surface area (Å²) in [6.07, 6.45) is -4.66. The van der Waals surface area contributed by atoms with Gasteiger partial charge in [-0.3, -0.25) is 9.80 Å². The molecular weight excluding hydrogens is 518 g/mol. The van der Waals surface area contributed by atoms with Gasteiger partial charge in [-0.25, -0.2) is 4.39 Å². The van der Waals surface area contributed by atoms with Crippen molar-refractivity contribution >= 4 is 23.1 Å². The molecule has 1 fully saturated rings.